The third-order valence-electron chi connectivity index (χ3n) is 5.07. The van der Waals surface area contributed by atoms with Crippen LogP contribution >= 0.6 is 0 Å². The largest absolute Gasteiger partial charge is 0.271 e. The first-order valence-corrected chi connectivity index (χ1v) is 12.3. The summed E-state index contributed by atoms with van der Waals surface area (Å²) in [7, 11) is -3.69. The average Bonchev–Trinajstić information content (AvgIpc) is 2.66. The van der Waals surface area contributed by atoms with Gasteiger partial charge < -0.3 is 0 Å². The Kier molecular flexibility index (Phi) is 9.57. The summed E-state index contributed by atoms with van der Waals surface area (Å²) in [5.74, 6) is -0.987. The molecule has 1 fully saturated rings. The number of benzene rings is 1. The standard InChI is InChI=1S/C21H32FN3O3S/c1-29(27,28)25(20-15-13-18(22)14-16-20)17-21(26)24-23-19-11-9-7-5-3-2-4-6-8-10-12-19/h13-16H,2-12,17H2,1H3,(H,24,26). The van der Waals surface area contributed by atoms with Crippen LogP contribution in [0.25, 0.3) is 0 Å². The summed E-state index contributed by atoms with van der Waals surface area (Å²) in [4.78, 5) is 12.4. The molecule has 162 valence electrons. The Hall–Kier alpha value is -1.96. The summed E-state index contributed by atoms with van der Waals surface area (Å²) in [5, 5.41) is 4.29. The Bertz CT molecular complexity index is 765. The van der Waals surface area contributed by atoms with Gasteiger partial charge in [0.05, 0.1) is 11.9 Å². The highest BCUT2D eigenvalue weighted by molar-refractivity contribution is 7.92. The van der Waals surface area contributed by atoms with Crippen LogP contribution in [-0.4, -0.2) is 32.8 Å². The van der Waals surface area contributed by atoms with Crippen molar-refractivity contribution >= 4 is 27.3 Å². The van der Waals surface area contributed by atoms with E-state index in [2.05, 4.69) is 10.5 Å². The first-order chi connectivity index (χ1) is 13.9. The number of halogens is 1. The zero-order chi connectivity index (χ0) is 21.1. The first kappa shape index (κ1) is 23.3. The molecular weight excluding hydrogens is 393 g/mol. The minimum atomic E-state index is -3.69. The van der Waals surface area contributed by atoms with Gasteiger partial charge in [0, 0.05) is 5.71 Å². The number of rotatable bonds is 5. The average molecular weight is 426 g/mol. The van der Waals surface area contributed by atoms with E-state index in [1.165, 1.54) is 57.1 Å². The maximum atomic E-state index is 13.1. The Morgan fingerprint density at radius 3 is 1.93 bits per heavy atom. The molecule has 6 nitrogen and oxygen atoms in total. The molecule has 0 saturated heterocycles. The van der Waals surface area contributed by atoms with Crippen LogP contribution in [0.1, 0.15) is 70.6 Å². The SMILES string of the molecule is CS(=O)(=O)N(CC(=O)NN=C1CCCCCCCCCCC1)c1ccc(F)cc1. The molecule has 0 radical (unpaired) electrons. The quantitative estimate of drug-likeness (QED) is 0.712. The fraction of sp³-hybridized carbons (Fsp3) is 0.619. The Labute approximate surface area is 173 Å². The third kappa shape index (κ3) is 8.94. The summed E-state index contributed by atoms with van der Waals surface area (Å²) in [5.41, 5.74) is 3.72. The monoisotopic (exact) mass is 425 g/mol. The van der Waals surface area contributed by atoms with Crippen LogP contribution in [0.5, 0.6) is 0 Å². The van der Waals surface area contributed by atoms with Crippen molar-refractivity contribution < 1.29 is 17.6 Å². The highest BCUT2D eigenvalue weighted by Gasteiger charge is 2.21. The summed E-state index contributed by atoms with van der Waals surface area (Å²) in [6.07, 6.45) is 13.5. The van der Waals surface area contributed by atoms with Crippen molar-refractivity contribution in [2.24, 2.45) is 5.10 Å². The van der Waals surface area contributed by atoms with Gasteiger partial charge in [0.15, 0.2) is 0 Å². The van der Waals surface area contributed by atoms with Crippen LogP contribution in [0.2, 0.25) is 0 Å². The number of nitrogens with one attached hydrogen (secondary N) is 1. The van der Waals surface area contributed by atoms with Gasteiger partial charge in [-0.3, -0.25) is 9.10 Å². The van der Waals surface area contributed by atoms with E-state index in [1.807, 2.05) is 0 Å². The van der Waals surface area contributed by atoms with E-state index in [1.54, 1.807) is 0 Å². The van der Waals surface area contributed by atoms with E-state index >= 15 is 0 Å². The zero-order valence-corrected chi connectivity index (χ0v) is 18.0. The molecule has 0 atom stereocenters. The molecule has 0 bridgehead atoms. The second kappa shape index (κ2) is 11.9. The van der Waals surface area contributed by atoms with Crippen molar-refractivity contribution in [1.82, 2.24) is 5.43 Å². The topological polar surface area (TPSA) is 78.8 Å². The zero-order valence-electron chi connectivity index (χ0n) is 17.2. The van der Waals surface area contributed by atoms with E-state index in [4.69, 9.17) is 0 Å². The fourth-order valence-electron chi connectivity index (χ4n) is 3.45. The van der Waals surface area contributed by atoms with Gasteiger partial charge in [-0.05, 0) is 49.9 Å². The van der Waals surface area contributed by atoms with Crippen molar-refractivity contribution in [2.45, 2.75) is 70.6 Å². The summed E-state index contributed by atoms with van der Waals surface area (Å²) >= 11 is 0. The molecule has 8 heteroatoms. The van der Waals surface area contributed by atoms with Crippen molar-refractivity contribution in [1.29, 1.82) is 0 Å². The number of carbonyl (C=O) groups is 1. The Morgan fingerprint density at radius 2 is 1.45 bits per heavy atom. The van der Waals surface area contributed by atoms with Gasteiger partial charge in [-0.1, -0.05) is 44.9 Å². The van der Waals surface area contributed by atoms with Crippen LogP contribution in [0.15, 0.2) is 29.4 Å². The highest BCUT2D eigenvalue weighted by atomic mass is 32.2. The number of hydrazone groups is 1. The molecule has 1 amide bonds. The lowest BCUT2D eigenvalue weighted by molar-refractivity contribution is -0.119. The predicted octanol–water partition coefficient (Wildman–Crippen LogP) is 4.37. The van der Waals surface area contributed by atoms with E-state index in [-0.39, 0.29) is 5.69 Å². The third-order valence-corrected chi connectivity index (χ3v) is 6.21. The lowest BCUT2D eigenvalue weighted by Crippen LogP contribution is -2.39. The molecule has 0 aliphatic heterocycles. The van der Waals surface area contributed by atoms with Crippen LogP contribution in [-0.2, 0) is 14.8 Å². The summed E-state index contributed by atoms with van der Waals surface area (Å²) < 4.78 is 38.3. The normalized spacial score (nSPS) is 17.0. The molecule has 0 heterocycles. The lowest BCUT2D eigenvalue weighted by Gasteiger charge is -2.21. The minimum absolute atomic E-state index is 0.239. The summed E-state index contributed by atoms with van der Waals surface area (Å²) in [6, 6.07) is 5.00. The van der Waals surface area contributed by atoms with Crippen LogP contribution in [0.3, 0.4) is 0 Å². The number of hydrogen-bond acceptors (Lipinski definition) is 4. The molecule has 1 aliphatic rings. The minimum Gasteiger partial charge on any atom is -0.271 e. The fourth-order valence-corrected chi connectivity index (χ4v) is 4.30. The van der Waals surface area contributed by atoms with E-state index in [0.29, 0.717) is 0 Å². The molecule has 1 aromatic carbocycles. The van der Waals surface area contributed by atoms with Gasteiger partial charge in [0.1, 0.15) is 12.4 Å². The van der Waals surface area contributed by atoms with Gasteiger partial charge in [0.25, 0.3) is 5.91 Å². The predicted molar refractivity (Wildman–Crippen MR) is 115 cm³/mol. The molecule has 1 saturated carbocycles. The number of sulfonamides is 1. The number of nitrogens with zero attached hydrogens (tertiary/aromatic N) is 2. The molecule has 0 unspecified atom stereocenters. The number of anilines is 1. The van der Waals surface area contributed by atoms with Crippen LogP contribution < -0.4 is 9.73 Å². The van der Waals surface area contributed by atoms with E-state index in [0.717, 1.165) is 54.1 Å². The molecule has 29 heavy (non-hydrogen) atoms. The van der Waals surface area contributed by atoms with Crippen molar-refractivity contribution in [3.8, 4) is 0 Å². The Morgan fingerprint density at radius 1 is 0.966 bits per heavy atom. The maximum Gasteiger partial charge on any atom is 0.260 e. The van der Waals surface area contributed by atoms with Crippen molar-refractivity contribution in [3.05, 3.63) is 30.1 Å². The number of hydrogen-bond donors (Lipinski definition) is 1. The highest BCUT2D eigenvalue weighted by Crippen LogP contribution is 2.18. The molecular formula is C21H32FN3O3S. The first-order valence-electron chi connectivity index (χ1n) is 10.4. The molecule has 1 aromatic rings. The van der Waals surface area contributed by atoms with Gasteiger partial charge >= 0.3 is 0 Å². The molecule has 2 rings (SSSR count). The summed E-state index contributed by atoms with van der Waals surface area (Å²) in [6.45, 7) is -0.402. The van der Waals surface area contributed by atoms with Crippen molar-refractivity contribution in [2.75, 3.05) is 17.1 Å². The molecule has 0 spiro atoms. The van der Waals surface area contributed by atoms with Gasteiger partial charge in [0.2, 0.25) is 10.0 Å². The maximum absolute atomic E-state index is 13.1. The molecule has 1 aliphatic carbocycles. The van der Waals surface area contributed by atoms with Crippen LogP contribution in [0, 0.1) is 5.82 Å². The second-order valence-corrected chi connectivity index (χ2v) is 9.55. The van der Waals surface area contributed by atoms with E-state index in [9.17, 15) is 17.6 Å². The van der Waals surface area contributed by atoms with Gasteiger partial charge in [-0.25, -0.2) is 18.2 Å². The van der Waals surface area contributed by atoms with E-state index < -0.39 is 28.3 Å². The molecule has 1 N–H and O–H groups in total. The van der Waals surface area contributed by atoms with Gasteiger partial charge in [-0.2, -0.15) is 5.10 Å². The van der Waals surface area contributed by atoms with Crippen molar-refractivity contribution in [3.63, 3.8) is 0 Å². The Balaban J connectivity index is 1.98. The smallest absolute Gasteiger partial charge is 0.260 e. The van der Waals surface area contributed by atoms with Gasteiger partial charge in [-0.15, -0.1) is 0 Å². The molecule has 0 aromatic heterocycles. The lowest BCUT2D eigenvalue weighted by atomic mass is 10.00. The van der Waals surface area contributed by atoms with Crippen LogP contribution in [0.4, 0.5) is 10.1 Å². The number of amides is 1. The number of carbonyl (C=O) groups excluding carboxylic acids is 1. The second-order valence-electron chi connectivity index (χ2n) is 7.64.